The van der Waals surface area contributed by atoms with E-state index >= 15 is 0 Å². The number of hydrogen-bond acceptors (Lipinski definition) is 3. The number of nitrogens with zero attached hydrogens (tertiary/aromatic N) is 1. The first kappa shape index (κ1) is 18.9. The Balaban J connectivity index is 1.47. The van der Waals surface area contributed by atoms with Crippen molar-refractivity contribution in [3.8, 4) is 0 Å². The van der Waals surface area contributed by atoms with Gasteiger partial charge in [-0.2, -0.15) is 0 Å². The summed E-state index contributed by atoms with van der Waals surface area (Å²) in [6.45, 7) is 0.929. The molecule has 0 radical (unpaired) electrons. The van der Waals surface area contributed by atoms with E-state index < -0.39 is 11.8 Å². The highest BCUT2D eigenvalue weighted by Crippen LogP contribution is 2.18. The van der Waals surface area contributed by atoms with Crippen LogP contribution in [-0.2, 0) is 16.0 Å². The SMILES string of the molecule is O=C(NNC(=O)C1CC(=O)N(CCc2ccccc2)C1)c1ccc(Cl)cc1. The van der Waals surface area contributed by atoms with E-state index in [9.17, 15) is 14.4 Å². The Morgan fingerprint density at radius 3 is 2.44 bits per heavy atom. The summed E-state index contributed by atoms with van der Waals surface area (Å²) in [5, 5.41) is 0.524. The number of hydrazine groups is 1. The van der Waals surface area contributed by atoms with Crippen molar-refractivity contribution in [3.05, 3.63) is 70.7 Å². The standard InChI is InChI=1S/C20H20ClN3O3/c21-17-8-6-15(7-9-17)19(26)22-23-20(27)16-12-18(25)24(13-16)11-10-14-4-2-1-3-5-14/h1-9,16H,10-13H2,(H,22,26)(H,23,27). The predicted molar refractivity (Wildman–Crippen MR) is 102 cm³/mol. The number of benzene rings is 2. The summed E-state index contributed by atoms with van der Waals surface area (Å²) in [7, 11) is 0. The van der Waals surface area contributed by atoms with E-state index in [1.54, 1.807) is 29.2 Å². The Labute approximate surface area is 162 Å². The van der Waals surface area contributed by atoms with Gasteiger partial charge in [-0.15, -0.1) is 0 Å². The van der Waals surface area contributed by atoms with Crippen LogP contribution in [0.15, 0.2) is 54.6 Å². The Morgan fingerprint density at radius 1 is 1.04 bits per heavy atom. The minimum Gasteiger partial charge on any atom is -0.342 e. The van der Waals surface area contributed by atoms with Gasteiger partial charge in [-0.25, -0.2) is 0 Å². The first-order valence-electron chi connectivity index (χ1n) is 8.70. The molecule has 1 aliphatic heterocycles. The molecular formula is C20H20ClN3O3. The maximum absolute atomic E-state index is 12.3. The lowest BCUT2D eigenvalue weighted by Crippen LogP contribution is -2.45. The molecule has 1 aliphatic rings. The van der Waals surface area contributed by atoms with Gasteiger partial charge in [0.2, 0.25) is 11.8 Å². The molecule has 0 saturated carbocycles. The third kappa shape index (κ3) is 5.08. The van der Waals surface area contributed by atoms with Crippen molar-refractivity contribution in [2.24, 2.45) is 5.92 Å². The zero-order chi connectivity index (χ0) is 19.2. The van der Waals surface area contributed by atoms with Crippen LogP contribution < -0.4 is 10.9 Å². The zero-order valence-corrected chi connectivity index (χ0v) is 15.4. The lowest BCUT2D eigenvalue weighted by Gasteiger charge is -2.16. The van der Waals surface area contributed by atoms with Crippen molar-refractivity contribution in [3.63, 3.8) is 0 Å². The maximum atomic E-state index is 12.3. The Hall–Kier alpha value is -2.86. The molecule has 6 nitrogen and oxygen atoms in total. The first-order valence-corrected chi connectivity index (χ1v) is 9.08. The van der Waals surface area contributed by atoms with Crippen molar-refractivity contribution in [1.29, 1.82) is 0 Å². The number of hydrogen-bond donors (Lipinski definition) is 2. The summed E-state index contributed by atoms with van der Waals surface area (Å²) >= 11 is 5.78. The summed E-state index contributed by atoms with van der Waals surface area (Å²) < 4.78 is 0. The second kappa shape index (κ2) is 8.68. The molecule has 0 aliphatic carbocycles. The van der Waals surface area contributed by atoms with Crippen molar-refractivity contribution in [1.82, 2.24) is 15.8 Å². The lowest BCUT2D eigenvalue weighted by atomic mass is 10.1. The van der Waals surface area contributed by atoms with Crippen molar-refractivity contribution < 1.29 is 14.4 Å². The smallest absolute Gasteiger partial charge is 0.269 e. The molecule has 1 saturated heterocycles. The van der Waals surface area contributed by atoms with Gasteiger partial charge in [0.05, 0.1) is 5.92 Å². The number of rotatable bonds is 5. The van der Waals surface area contributed by atoms with Crippen LogP contribution in [0.1, 0.15) is 22.3 Å². The minimum absolute atomic E-state index is 0.0462. The third-order valence-electron chi connectivity index (χ3n) is 4.50. The topological polar surface area (TPSA) is 78.5 Å². The van der Waals surface area contributed by atoms with E-state index in [1.165, 1.54) is 0 Å². The highest BCUT2D eigenvalue weighted by molar-refractivity contribution is 6.30. The maximum Gasteiger partial charge on any atom is 0.269 e. The second-order valence-electron chi connectivity index (χ2n) is 6.43. The number of amides is 3. The van der Waals surface area contributed by atoms with Gasteiger partial charge in [0.25, 0.3) is 5.91 Å². The Kier molecular flexibility index (Phi) is 6.08. The van der Waals surface area contributed by atoms with Gasteiger partial charge in [-0.05, 0) is 36.2 Å². The van der Waals surface area contributed by atoms with Crippen LogP contribution in [0.3, 0.4) is 0 Å². The van der Waals surface area contributed by atoms with Crippen LogP contribution in [0.4, 0.5) is 0 Å². The lowest BCUT2D eigenvalue weighted by molar-refractivity contribution is -0.129. The van der Waals surface area contributed by atoms with Gasteiger partial charge in [-0.3, -0.25) is 25.2 Å². The molecular weight excluding hydrogens is 366 g/mol. The molecule has 0 aromatic heterocycles. The molecule has 27 heavy (non-hydrogen) atoms. The fourth-order valence-electron chi connectivity index (χ4n) is 2.97. The Bertz CT molecular complexity index is 824. The highest BCUT2D eigenvalue weighted by Gasteiger charge is 2.34. The van der Waals surface area contributed by atoms with Crippen molar-refractivity contribution >= 4 is 29.3 Å². The van der Waals surface area contributed by atoms with E-state index in [4.69, 9.17) is 11.6 Å². The molecule has 1 atom stereocenters. The number of likely N-dealkylation sites (tertiary alicyclic amines) is 1. The van der Waals surface area contributed by atoms with Gasteiger partial charge < -0.3 is 4.90 Å². The monoisotopic (exact) mass is 385 g/mol. The van der Waals surface area contributed by atoms with Crippen LogP contribution >= 0.6 is 11.6 Å². The van der Waals surface area contributed by atoms with Gasteiger partial charge in [-0.1, -0.05) is 41.9 Å². The summed E-state index contributed by atoms with van der Waals surface area (Å²) in [6, 6.07) is 16.2. The van der Waals surface area contributed by atoms with Crippen molar-refractivity contribution in [2.45, 2.75) is 12.8 Å². The van der Waals surface area contributed by atoms with Crippen LogP contribution in [0.25, 0.3) is 0 Å². The van der Waals surface area contributed by atoms with E-state index in [2.05, 4.69) is 10.9 Å². The zero-order valence-electron chi connectivity index (χ0n) is 14.7. The summed E-state index contributed by atoms with van der Waals surface area (Å²) in [5.41, 5.74) is 6.30. The number of carbonyl (C=O) groups excluding carboxylic acids is 3. The average molecular weight is 386 g/mol. The summed E-state index contributed by atoms with van der Waals surface area (Å²) in [6.07, 6.45) is 0.895. The molecule has 0 spiro atoms. The largest absolute Gasteiger partial charge is 0.342 e. The number of halogens is 1. The molecule has 2 N–H and O–H groups in total. The molecule has 140 valence electrons. The predicted octanol–water partition coefficient (Wildman–Crippen LogP) is 2.19. The molecule has 3 amide bonds. The van der Waals surface area contributed by atoms with Gasteiger partial charge in [0, 0.05) is 30.1 Å². The molecule has 7 heteroatoms. The molecule has 2 aromatic rings. The minimum atomic E-state index is -0.473. The molecule has 3 rings (SSSR count). The third-order valence-corrected chi connectivity index (χ3v) is 4.76. The van der Waals surface area contributed by atoms with Gasteiger partial charge >= 0.3 is 0 Å². The van der Waals surface area contributed by atoms with Crippen molar-refractivity contribution in [2.75, 3.05) is 13.1 Å². The number of carbonyl (C=O) groups is 3. The highest BCUT2D eigenvalue weighted by atomic mass is 35.5. The Morgan fingerprint density at radius 2 is 1.74 bits per heavy atom. The van der Waals surface area contributed by atoms with Crippen LogP contribution in [0.5, 0.6) is 0 Å². The van der Waals surface area contributed by atoms with Crippen LogP contribution in [-0.4, -0.2) is 35.7 Å². The van der Waals surface area contributed by atoms with E-state index in [1.807, 2.05) is 30.3 Å². The van der Waals surface area contributed by atoms with E-state index in [0.717, 1.165) is 12.0 Å². The summed E-state index contributed by atoms with van der Waals surface area (Å²) in [5.74, 6) is -1.33. The molecule has 2 aromatic carbocycles. The fraction of sp³-hybridized carbons (Fsp3) is 0.250. The quantitative estimate of drug-likeness (QED) is 0.774. The second-order valence-corrected chi connectivity index (χ2v) is 6.86. The van der Waals surface area contributed by atoms with E-state index in [-0.39, 0.29) is 18.2 Å². The fourth-order valence-corrected chi connectivity index (χ4v) is 3.09. The average Bonchev–Trinajstić information content (AvgIpc) is 3.06. The first-order chi connectivity index (χ1) is 13.0. The molecule has 1 unspecified atom stereocenters. The number of nitrogens with one attached hydrogen (secondary N) is 2. The van der Waals surface area contributed by atoms with Gasteiger partial charge in [0.1, 0.15) is 0 Å². The summed E-state index contributed by atoms with van der Waals surface area (Å²) in [4.78, 5) is 38.1. The molecule has 0 bridgehead atoms. The molecule has 1 fully saturated rings. The van der Waals surface area contributed by atoms with E-state index in [0.29, 0.717) is 23.7 Å². The normalized spacial score (nSPS) is 16.3. The van der Waals surface area contributed by atoms with Crippen LogP contribution in [0, 0.1) is 5.92 Å². The molecule has 1 heterocycles. The van der Waals surface area contributed by atoms with Crippen LogP contribution in [0.2, 0.25) is 5.02 Å². The van der Waals surface area contributed by atoms with Gasteiger partial charge in [0.15, 0.2) is 0 Å².